The highest BCUT2D eigenvalue weighted by molar-refractivity contribution is 7.32. The maximum Gasteiger partial charge on any atom is 0.316 e. The van der Waals surface area contributed by atoms with E-state index in [9.17, 15) is 4.57 Å². The van der Waals surface area contributed by atoms with Gasteiger partial charge in [-0.25, -0.2) is 0 Å². The van der Waals surface area contributed by atoms with Gasteiger partial charge in [0.2, 0.25) is 0 Å². The Hall–Kier alpha value is -0.550. The van der Waals surface area contributed by atoms with Crippen molar-refractivity contribution < 1.29 is 14.0 Å². The molecule has 0 spiro atoms. The number of rotatable bonds is 5. The minimum absolute atomic E-state index is 0.336. The van der Waals surface area contributed by atoms with Crippen LogP contribution in [0.15, 0.2) is 12.7 Å². The first-order chi connectivity index (χ1) is 5.20. The second-order valence-electron chi connectivity index (χ2n) is 1.94. The van der Waals surface area contributed by atoms with Crippen molar-refractivity contribution >= 4 is 8.25 Å². The molecule has 0 amide bonds. The van der Waals surface area contributed by atoms with Crippen LogP contribution >= 0.6 is 8.25 Å². The third kappa shape index (κ3) is 5.87. The molecule has 62 valence electrons. The van der Waals surface area contributed by atoms with Crippen LogP contribution in [-0.4, -0.2) is 11.0 Å². The van der Waals surface area contributed by atoms with Gasteiger partial charge in [0.25, 0.3) is 0 Å². The molecule has 0 radical (unpaired) electrons. The fourth-order valence-corrected chi connectivity index (χ4v) is 1.10. The topological polar surface area (TPSA) is 46.5 Å². The van der Waals surface area contributed by atoms with E-state index in [1.807, 2.05) is 0 Å². The molecule has 1 N–H and O–H groups in total. The first-order valence-electron chi connectivity index (χ1n) is 3.14. The minimum atomic E-state index is -2.87. The molecular formula is C7H11O3P. The van der Waals surface area contributed by atoms with Crippen LogP contribution in [0.5, 0.6) is 0 Å². The maximum atomic E-state index is 10.2. The van der Waals surface area contributed by atoms with Gasteiger partial charge in [-0.15, -0.1) is 18.9 Å². The van der Waals surface area contributed by atoms with Crippen molar-refractivity contribution in [3.63, 3.8) is 0 Å². The molecule has 0 aliphatic rings. The zero-order valence-electron chi connectivity index (χ0n) is 6.12. The summed E-state index contributed by atoms with van der Waals surface area (Å²) in [5.74, 6) is 2.35. The lowest BCUT2D eigenvalue weighted by Crippen LogP contribution is -2.05. The summed E-state index contributed by atoms with van der Waals surface area (Å²) in [5.41, 5.74) is 0. The molecule has 0 aromatic rings. The largest absolute Gasteiger partial charge is 0.326 e. The molecule has 4 heteroatoms. The third-order valence-electron chi connectivity index (χ3n) is 1.04. The van der Waals surface area contributed by atoms with E-state index in [1.165, 1.54) is 0 Å². The first kappa shape index (κ1) is 10.4. The van der Waals surface area contributed by atoms with Crippen LogP contribution in [0, 0.1) is 12.3 Å². The number of hydrogen-bond donors (Lipinski definition) is 1. The Labute approximate surface area is 67.0 Å². The van der Waals surface area contributed by atoms with Crippen molar-refractivity contribution in [2.75, 3.05) is 0 Å². The van der Waals surface area contributed by atoms with Gasteiger partial charge in [0, 0.05) is 6.42 Å². The molecule has 0 heterocycles. The van der Waals surface area contributed by atoms with E-state index in [1.54, 1.807) is 6.08 Å². The van der Waals surface area contributed by atoms with Crippen LogP contribution in [0.25, 0.3) is 0 Å². The molecular weight excluding hydrogens is 163 g/mol. The third-order valence-corrected chi connectivity index (χ3v) is 1.58. The molecule has 0 saturated carbocycles. The maximum absolute atomic E-state index is 10.2. The van der Waals surface area contributed by atoms with E-state index in [-0.39, 0.29) is 6.10 Å². The molecule has 2 unspecified atom stereocenters. The van der Waals surface area contributed by atoms with Crippen LogP contribution in [0.4, 0.5) is 0 Å². The van der Waals surface area contributed by atoms with Gasteiger partial charge in [0.1, 0.15) is 0 Å². The highest BCUT2D eigenvalue weighted by atomic mass is 31.1. The summed E-state index contributed by atoms with van der Waals surface area (Å²) in [6, 6.07) is 0. The van der Waals surface area contributed by atoms with Gasteiger partial charge in [-0.3, -0.25) is 4.57 Å². The van der Waals surface area contributed by atoms with Crippen molar-refractivity contribution in [1.29, 1.82) is 0 Å². The van der Waals surface area contributed by atoms with Crippen molar-refractivity contribution in [3.05, 3.63) is 12.7 Å². The Morgan fingerprint density at radius 3 is 2.91 bits per heavy atom. The van der Waals surface area contributed by atoms with Crippen molar-refractivity contribution in [1.82, 2.24) is 0 Å². The molecule has 0 rings (SSSR count). The second-order valence-corrected chi connectivity index (χ2v) is 2.71. The van der Waals surface area contributed by atoms with Crippen LogP contribution in [0.3, 0.4) is 0 Å². The lowest BCUT2D eigenvalue weighted by atomic mass is 10.2. The summed E-state index contributed by atoms with van der Waals surface area (Å²) in [5, 5.41) is 0. The van der Waals surface area contributed by atoms with Crippen LogP contribution < -0.4 is 0 Å². The van der Waals surface area contributed by atoms with Gasteiger partial charge >= 0.3 is 8.25 Å². The monoisotopic (exact) mass is 174 g/mol. The summed E-state index contributed by atoms with van der Waals surface area (Å²) in [4.78, 5) is 8.40. The average molecular weight is 174 g/mol. The Kier molecular flexibility index (Phi) is 5.87. The Morgan fingerprint density at radius 2 is 2.55 bits per heavy atom. The van der Waals surface area contributed by atoms with E-state index in [4.69, 9.17) is 11.3 Å². The zero-order valence-corrected chi connectivity index (χ0v) is 7.12. The van der Waals surface area contributed by atoms with Gasteiger partial charge in [0.15, 0.2) is 0 Å². The zero-order chi connectivity index (χ0) is 8.69. The summed E-state index contributed by atoms with van der Waals surface area (Å²) in [7, 11) is -2.87. The van der Waals surface area contributed by atoms with E-state index < -0.39 is 8.25 Å². The molecule has 11 heavy (non-hydrogen) atoms. The van der Waals surface area contributed by atoms with Crippen LogP contribution in [-0.2, 0) is 9.09 Å². The molecule has 0 aliphatic heterocycles. The molecule has 0 aromatic carbocycles. The predicted molar refractivity (Wildman–Crippen MR) is 44.4 cm³/mol. The van der Waals surface area contributed by atoms with Gasteiger partial charge in [-0.2, -0.15) is 0 Å². The Bertz CT molecular complexity index is 183. The lowest BCUT2D eigenvalue weighted by Gasteiger charge is -2.09. The van der Waals surface area contributed by atoms with Gasteiger partial charge in [-0.1, -0.05) is 6.08 Å². The minimum Gasteiger partial charge on any atom is -0.326 e. The van der Waals surface area contributed by atoms with E-state index in [0.717, 1.165) is 0 Å². The van der Waals surface area contributed by atoms with Crippen molar-refractivity contribution in [2.24, 2.45) is 0 Å². The summed E-state index contributed by atoms with van der Waals surface area (Å²) >= 11 is 0. The molecule has 3 nitrogen and oxygen atoms in total. The molecule has 0 fully saturated rings. The fraction of sp³-hybridized carbons (Fsp3) is 0.429. The van der Waals surface area contributed by atoms with E-state index in [2.05, 4.69) is 17.0 Å². The van der Waals surface area contributed by atoms with Crippen molar-refractivity contribution in [3.8, 4) is 12.3 Å². The summed E-state index contributed by atoms with van der Waals surface area (Å²) in [6.07, 6.45) is 7.07. The highest BCUT2D eigenvalue weighted by Crippen LogP contribution is 2.21. The lowest BCUT2D eigenvalue weighted by molar-refractivity contribution is 0.196. The highest BCUT2D eigenvalue weighted by Gasteiger charge is 2.07. The fourth-order valence-electron chi connectivity index (χ4n) is 0.633. The summed E-state index contributed by atoms with van der Waals surface area (Å²) < 4.78 is 14.8. The number of hydrogen-bond acceptors (Lipinski definition) is 2. The van der Waals surface area contributed by atoms with E-state index in [0.29, 0.717) is 12.8 Å². The average Bonchev–Trinajstić information content (AvgIpc) is 1.87. The second kappa shape index (κ2) is 6.18. The molecule has 2 atom stereocenters. The molecule has 0 aromatic heterocycles. The van der Waals surface area contributed by atoms with Gasteiger partial charge in [-0.05, 0) is 6.42 Å². The molecule has 0 bridgehead atoms. The van der Waals surface area contributed by atoms with Gasteiger partial charge < -0.3 is 9.42 Å². The SMILES string of the molecule is C#CCC(CC=C)O[PH](=O)O. The normalized spacial score (nSPS) is 14.9. The quantitative estimate of drug-likeness (QED) is 0.388. The van der Waals surface area contributed by atoms with Crippen LogP contribution in [0.2, 0.25) is 0 Å². The Morgan fingerprint density at radius 1 is 1.91 bits per heavy atom. The van der Waals surface area contributed by atoms with Crippen LogP contribution in [0.1, 0.15) is 12.8 Å². The van der Waals surface area contributed by atoms with Crippen molar-refractivity contribution in [2.45, 2.75) is 18.9 Å². The van der Waals surface area contributed by atoms with E-state index >= 15 is 0 Å². The summed E-state index contributed by atoms with van der Waals surface area (Å²) in [6.45, 7) is 3.47. The predicted octanol–water partition coefficient (Wildman–Crippen LogP) is 1.35. The smallest absolute Gasteiger partial charge is 0.316 e. The first-order valence-corrected chi connectivity index (χ1v) is 4.41. The number of terminal acetylenes is 1. The molecule has 0 saturated heterocycles. The van der Waals surface area contributed by atoms with Gasteiger partial charge in [0.05, 0.1) is 6.10 Å². The standard InChI is InChI=1S/C7H11O3P/c1-3-5-7(6-4-2)10-11(8)9/h1,4,7,11H,2,5-6H2,(H,8,9). The molecule has 0 aliphatic carbocycles. The Balaban J connectivity index is 3.79.